The number of aromatic nitrogens is 3. The highest BCUT2D eigenvalue weighted by Crippen LogP contribution is 2.15. The topological polar surface area (TPSA) is 55.9 Å². The van der Waals surface area contributed by atoms with Gasteiger partial charge in [-0.25, -0.2) is 0 Å². The van der Waals surface area contributed by atoms with Gasteiger partial charge in [0.2, 0.25) is 0 Å². The van der Waals surface area contributed by atoms with E-state index in [9.17, 15) is 0 Å². The van der Waals surface area contributed by atoms with Crippen molar-refractivity contribution in [1.29, 1.82) is 0 Å². The van der Waals surface area contributed by atoms with Crippen molar-refractivity contribution in [1.82, 2.24) is 20.3 Å². The lowest BCUT2D eigenvalue weighted by Gasteiger charge is -1.99. The van der Waals surface area contributed by atoms with Gasteiger partial charge < -0.3 is 9.84 Å². The summed E-state index contributed by atoms with van der Waals surface area (Å²) in [7, 11) is 0. The van der Waals surface area contributed by atoms with E-state index in [1.165, 1.54) is 0 Å². The Morgan fingerprint density at radius 1 is 1.53 bits per heavy atom. The Morgan fingerprint density at radius 2 is 2.35 bits per heavy atom. The third-order valence-electron chi connectivity index (χ3n) is 2.51. The smallest absolute Gasteiger partial charge is 0.158 e. The van der Waals surface area contributed by atoms with Gasteiger partial charge in [0, 0.05) is 12.6 Å². The summed E-state index contributed by atoms with van der Waals surface area (Å²) in [6, 6.07) is 1.93. The summed E-state index contributed by atoms with van der Waals surface area (Å²) in [6.45, 7) is 6.16. The van der Waals surface area contributed by atoms with Crippen molar-refractivity contribution in [2.24, 2.45) is 0 Å². The first-order valence-corrected chi connectivity index (χ1v) is 5.91. The highest BCUT2D eigenvalue weighted by molar-refractivity contribution is 6.31. The molecule has 1 N–H and O–H groups in total. The molecule has 0 aliphatic rings. The SMILES string of the molecule is CCNCc1cc(Cn2ncc(Cl)c2C)on1. The summed E-state index contributed by atoms with van der Waals surface area (Å²) < 4.78 is 7.03. The van der Waals surface area contributed by atoms with Crippen LogP contribution >= 0.6 is 11.6 Å². The van der Waals surface area contributed by atoms with Crippen LogP contribution in [0.3, 0.4) is 0 Å². The van der Waals surface area contributed by atoms with Crippen LogP contribution in [0, 0.1) is 6.92 Å². The molecule has 2 aromatic rings. The van der Waals surface area contributed by atoms with E-state index in [1.807, 2.05) is 13.0 Å². The third kappa shape index (κ3) is 2.87. The molecule has 0 radical (unpaired) electrons. The average molecular weight is 255 g/mol. The van der Waals surface area contributed by atoms with Gasteiger partial charge in [0.1, 0.15) is 6.54 Å². The predicted molar refractivity (Wildman–Crippen MR) is 65.0 cm³/mol. The van der Waals surface area contributed by atoms with E-state index < -0.39 is 0 Å². The second-order valence-electron chi connectivity index (χ2n) is 3.80. The van der Waals surface area contributed by atoms with Crippen LogP contribution in [0.15, 0.2) is 16.8 Å². The lowest BCUT2D eigenvalue weighted by Crippen LogP contribution is -2.11. The number of rotatable bonds is 5. The van der Waals surface area contributed by atoms with Crippen LogP contribution in [0.25, 0.3) is 0 Å². The van der Waals surface area contributed by atoms with Crippen LogP contribution in [-0.4, -0.2) is 21.5 Å². The fourth-order valence-corrected chi connectivity index (χ4v) is 1.64. The van der Waals surface area contributed by atoms with Gasteiger partial charge in [0.15, 0.2) is 5.76 Å². The quantitative estimate of drug-likeness (QED) is 0.887. The summed E-state index contributed by atoms with van der Waals surface area (Å²) in [5.41, 5.74) is 1.83. The molecule has 2 aromatic heterocycles. The van der Waals surface area contributed by atoms with E-state index in [1.54, 1.807) is 10.9 Å². The summed E-state index contributed by atoms with van der Waals surface area (Å²) >= 11 is 5.93. The molecule has 0 saturated carbocycles. The van der Waals surface area contributed by atoms with Crippen molar-refractivity contribution in [2.75, 3.05) is 6.54 Å². The minimum absolute atomic E-state index is 0.553. The molecule has 0 aliphatic heterocycles. The first kappa shape index (κ1) is 12.1. The van der Waals surface area contributed by atoms with Crippen LogP contribution in [-0.2, 0) is 13.1 Å². The van der Waals surface area contributed by atoms with E-state index in [0.29, 0.717) is 11.6 Å². The van der Waals surface area contributed by atoms with Crippen molar-refractivity contribution in [2.45, 2.75) is 26.9 Å². The highest BCUT2D eigenvalue weighted by atomic mass is 35.5. The zero-order valence-corrected chi connectivity index (χ0v) is 10.7. The van der Waals surface area contributed by atoms with Gasteiger partial charge >= 0.3 is 0 Å². The molecular weight excluding hydrogens is 240 g/mol. The van der Waals surface area contributed by atoms with Crippen LogP contribution < -0.4 is 5.32 Å². The standard InChI is InChI=1S/C11H15ClN4O/c1-3-13-5-9-4-10(17-15-9)7-16-8(2)11(12)6-14-16/h4,6,13H,3,5,7H2,1-2H3. The van der Waals surface area contributed by atoms with Crippen LogP contribution in [0.1, 0.15) is 24.1 Å². The molecule has 2 rings (SSSR count). The summed E-state index contributed by atoms with van der Waals surface area (Å²) in [5, 5.41) is 12.0. The summed E-state index contributed by atoms with van der Waals surface area (Å²) in [4.78, 5) is 0. The van der Waals surface area contributed by atoms with E-state index in [0.717, 1.165) is 30.2 Å². The molecule has 0 saturated heterocycles. The Kier molecular flexibility index (Phi) is 3.81. The minimum Gasteiger partial charge on any atom is -0.359 e. The minimum atomic E-state index is 0.553. The van der Waals surface area contributed by atoms with Gasteiger partial charge in [-0.15, -0.1) is 0 Å². The van der Waals surface area contributed by atoms with Gasteiger partial charge in [0.05, 0.1) is 22.6 Å². The molecule has 0 atom stereocenters. The first-order chi connectivity index (χ1) is 8.20. The molecule has 0 amide bonds. The van der Waals surface area contributed by atoms with Crippen molar-refractivity contribution in [3.8, 4) is 0 Å². The Hall–Kier alpha value is -1.33. The van der Waals surface area contributed by atoms with Crippen molar-refractivity contribution in [3.63, 3.8) is 0 Å². The maximum absolute atomic E-state index is 5.93. The normalized spacial score (nSPS) is 11.0. The van der Waals surface area contributed by atoms with Gasteiger partial charge in [-0.2, -0.15) is 5.10 Å². The molecule has 92 valence electrons. The number of nitrogens with zero attached hydrogens (tertiary/aromatic N) is 3. The maximum atomic E-state index is 5.93. The van der Waals surface area contributed by atoms with Gasteiger partial charge in [-0.3, -0.25) is 4.68 Å². The fourth-order valence-electron chi connectivity index (χ4n) is 1.50. The first-order valence-electron chi connectivity index (χ1n) is 5.53. The molecular formula is C11H15ClN4O. The molecule has 0 fully saturated rings. The fraction of sp³-hybridized carbons (Fsp3) is 0.455. The Labute approximate surface area is 105 Å². The number of hydrogen-bond donors (Lipinski definition) is 1. The summed E-state index contributed by atoms with van der Waals surface area (Å²) in [6.07, 6.45) is 1.63. The second kappa shape index (κ2) is 5.33. The van der Waals surface area contributed by atoms with E-state index in [-0.39, 0.29) is 0 Å². The predicted octanol–water partition coefficient (Wildman–Crippen LogP) is 1.99. The second-order valence-corrected chi connectivity index (χ2v) is 4.21. The number of hydrogen-bond acceptors (Lipinski definition) is 4. The van der Waals surface area contributed by atoms with Crippen molar-refractivity contribution < 1.29 is 4.52 Å². The summed E-state index contributed by atoms with van der Waals surface area (Å²) in [5.74, 6) is 0.778. The van der Waals surface area contributed by atoms with Gasteiger partial charge in [0.25, 0.3) is 0 Å². The Balaban J connectivity index is 2.04. The Bertz CT molecular complexity index is 491. The van der Waals surface area contributed by atoms with Crippen molar-refractivity contribution in [3.05, 3.63) is 34.4 Å². The number of halogens is 1. The lowest BCUT2D eigenvalue weighted by atomic mass is 10.3. The maximum Gasteiger partial charge on any atom is 0.158 e. The largest absolute Gasteiger partial charge is 0.359 e. The van der Waals surface area contributed by atoms with E-state index in [2.05, 4.69) is 22.5 Å². The zero-order chi connectivity index (χ0) is 12.3. The molecule has 5 nitrogen and oxygen atoms in total. The molecule has 0 bridgehead atoms. The van der Waals surface area contributed by atoms with E-state index in [4.69, 9.17) is 16.1 Å². The van der Waals surface area contributed by atoms with Crippen LogP contribution in [0.5, 0.6) is 0 Å². The third-order valence-corrected chi connectivity index (χ3v) is 2.88. The zero-order valence-electron chi connectivity index (χ0n) is 9.90. The number of nitrogens with one attached hydrogen (secondary N) is 1. The molecule has 0 aliphatic carbocycles. The molecule has 17 heavy (non-hydrogen) atoms. The Morgan fingerprint density at radius 3 is 3.00 bits per heavy atom. The van der Waals surface area contributed by atoms with Gasteiger partial charge in [-0.05, 0) is 13.5 Å². The molecule has 0 unspecified atom stereocenters. The average Bonchev–Trinajstić information content (AvgIpc) is 2.89. The molecule has 2 heterocycles. The van der Waals surface area contributed by atoms with Crippen LogP contribution in [0.4, 0.5) is 0 Å². The molecule has 0 aromatic carbocycles. The van der Waals surface area contributed by atoms with Crippen LogP contribution in [0.2, 0.25) is 5.02 Å². The van der Waals surface area contributed by atoms with Gasteiger partial charge in [-0.1, -0.05) is 23.7 Å². The van der Waals surface area contributed by atoms with Crippen molar-refractivity contribution >= 4 is 11.6 Å². The highest BCUT2D eigenvalue weighted by Gasteiger charge is 2.08. The molecule has 0 spiro atoms. The molecule has 6 heteroatoms. The monoisotopic (exact) mass is 254 g/mol. The van der Waals surface area contributed by atoms with E-state index >= 15 is 0 Å². The lowest BCUT2D eigenvalue weighted by molar-refractivity contribution is 0.363.